The number of alkyl halides is 1. The summed E-state index contributed by atoms with van der Waals surface area (Å²) in [5.74, 6) is 0. The summed E-state index contributed by atoms with van der Waals surface area (Å²) in [5, 5.41) is 0.223. The molecule has 1 atom stereocenters. The van der Waals surface area contributed by atoms with Gasteiger partial charge < -0.3 is 0 Å². The van der Waals surface area contributed by atoms with E-state index >= 15 is 0 Å². The zero-order chi connectivity index (χ0) is 7.84. The third-order valence-electron chi connectivity index (χ3n) is 2.12. The van der Waals surface area contributed by atoms with Crippen LogP contribution in [-0.2, 0) is 6.42 Å². The number of hydrogen-bond acceptors (Lipinski definition) is 0. The molecule has 0 N–H and O–H groups in total. The van der Waals surface area contributed by atoms with Crippen molar-refractivity contribution in [3.63, 3.8) is 0 Å². The van der Waals surface area contributed by atoms with Gasteiger partial charge in [-0.05, 0) is 30.0 Å². The molecule has 0 spiro atoms. The number of hydrogen-bond donors (Lipinski definition) is 0. The molecule has 1 aromatic rings. The van der Waals surface area contributed by atoms with Crippen LogP contribution in [0.3, 0.4) is 0 Å². The van der Waals surface area contributed by atoms with Gasteiger partial charge in [-0.25, -0.2) is 0 Å². The second kappa shape index (κ2) is 2.80. The Hall–Kier alpha value is -0.0100. The molecular formula is C9H8BrCl. The van der Waals surface area contributed by atoms with Crippen LogP contribution in [0.15, 0.2) is 22.7 Å². The summed E-state index contributed by atoms with van der Waals surface area (Å²) in [6.07, 6.45) is 2.21. The molecule has 2 heteroatoms. The molecule has 0 nitrogen and oxygen atoms in total. The minimum Gasteiger partial charge on any atom is -0.118 e. The normalized spacial score (nSPS) is 21.8. The van der Waals surface area contributed by atoms with E-state index < -0.39 is 0 Å². The topological polar surface area (TPSA) is 0 Å². The van der Waals surface area contributed by atoms with Gasteiger partial charge >= 0.3 is 0 Å². The predicted molar refractivity (Wildman–Crippen MR) is 51.1 cm³/mol. The van der Waals surface area contributed by atoms with Crippen LogP contribution in [0.1, 0.15) is 22.9 Å². The molecule has 0 aliphatic heterocycles. The summed E-state index contributed by atoms with van der Waals surface area (Å²) < 4.78 is 1.16. The van der Waals surface area contributed by atoms with Gasteiger partial charge in [0.2, 0.25) is 0 Å². The maximum Gasteiger partial charge on any atom is 0.0602 e. The van der Waals surface area contributed by atoms with Crippen LogP contribution in [0.5, 0.6) is 0 Å². The van der Waals surface area contributed by atoms with Crippen molar-refractivity contribution in [3.8, 4) is 0 Å². The van der Waals surface area contributed by atoms with Crippen LogP contribution in [0.2, 0.25) is 0 Å². The first-order valence-corrected chi connectivity index (χ1v) is 4.93. The standard InChI is InChI=1S/C9H8BrCl/c10-7-3-1-2-6-4-5-8(11)9(6)7/h1-3,8H,4-5H2. The van der Waals surface area contributed by atoms with Crippen molar-refractivity contribution in [2.45, 2.75) is 18.2 Å². The van der Waals surface area contributed by atoms with E-state index in [9.17, 15) is 0 Å². The van der Waals surface area contributed by atoms with Crippen LogP contribution in [0.4, 0.5) is 0 Å². The summed E-state index contributed by atoms with van der Waals surface area (Å²) in [6.45, 7) is 0. The van der Waals surface area contributed by atoms with Gasteiger partial charge in [-0.1, -0.05) is 28.1 Å². The molecule has 0 saturated carbocycles. The first-order chi connectivity index (χ1) is 5.29. The number of rotatable bonds is 0. The SMILES string of the molecule is ClC1CCc2cccc(Br)c21. The number of benzene rings is 1. The third-order valence-corrected chi connectivity index (χ3v) is 3.25. The monoisotopic (exact) mass is 230 g/mol. The van der Waals surface area contributed by atoms with Crippen molar-refractivity contribution >= 4 is 27.5 Å². The Labute approximate surface area is 79.7 Å². The van der Waals surface area contributed by atoms with E-state index in [-0.39, 0.29) is 5.38 Å². The molecule has 0 heterocycles. The Kier molecular flexibility index (Phi) is 1.94. The van der Waals surface area contributed by atoms with E-state index in [2.05, 4.69) is 34.1 Å². The van der Waals surface area contributed by atoms with Crippen LogP contribution >= 0.6 is 27.5 Å². The maximum atomic E-state index is 6.12. The highest BCUT2D eigenvalue weighted by atomic mass is 79.9. The Morgan fingerprint density at radius 1 is 1.45 bits per heavy atom. The van der Waals surface area contributed by atoms with Crippen LogP contribution in [0, 0.1) is 0 Å². The van der Waals surface area contributed by atoms with Gasteiger partial charge in [0.15, 0.2) is 0 Å². The average Bonchev–Trinajstić information content (AvgIpc) is 2.34. The van der Waals surface area contributed by atoms with Gasteiger partial charge in [0.05, 0.1) is 5.38 Å². The molecule has 0 radical (unpaired) electrons. The Bertz CT molecular complexity index is 283. The molecule has 1 unspecified atom stereocenters. The van der Waals surface area contributed by atoms with Crippen molar-refractivity contribution in [2.75, 3.05) is 0 Å². The molecular weight excluding hydrogens is 223 g/mol. The molecule has 1 aliphatic rings. The van der Waals surface area contributed by atoms with Crippen molar-refractivity contribution in [2.24, 2.45) is 0 Å². The summed E-state index contributed by atoms with van der Waals surface area (Å²) in [7, 11) is 0. The third kappa shape index (κ3) is 1.21. The lowest BCUT2D eigenvalue weighted by Crippen LogP contribution is -1.84. The molecule has 0 aromatic heterocycles. The summed E-state index contributed by atoms with van der Waals surface area (Å²) >= 11 is 9.62. The van der Waals surface area contributed by atoms with E-state index in [0.717, 1.165) is 17.3 Å². The second-order valence-corrected chi connectivity index (χ2v) is 4.20. The van der Waals surface area contributed by atoms with Crippen LogP contribution < -0.4 is 0 Å². The summed E-state index contributed by atoms with van der Waals surface area (Å²) in [5.41, 5.74) is 2.70. The minimum atomic E-state index is 0.223. The Balaban J connectivity index is 2.58. The molecule has 2 rings (SSSR count). The Morgan fingerprint density at radius 3 is 3.00 bits per heavy atom. The van der Waals surface area contributed by atoms with E-state index in [4.69, 9.17) is 11.6 Å². The molecule has 58 valence electrons. The smallest absolute Gasteiger partial charge is 0.0602 e. The van der Waals surface area contributed by atoms with Gasteiger partial charge in [-0.2, -0.15) is 0 Å². The van der Waals surface area contributed by atoms with E-state index in [1.807, 2.05) is 0 Å². The highest BCUT2D eigenvalue weighted by molar-refractivity contribution is 9.10. The number of aryl methyl sites for hydroxylation is 1. The van der Waals surface area contributed by atoms with Crippen LogP contribution in [0.25, 0.3) is 0 Å². The maximum absolute atomic E-state index is 6.12. The van der Waals surface area contributed by atoms with Crippen LogP contribution in [-0.4, -0.2) is 0 Å². The molecule has 1 aliphatic carbocycles. The lowest BCUT2D eigenvalue weighted by Gasteiger charge is -2.04. The molecule has 0 amide bonds. The highest BCUT2D eigenvalue weighted by Crippen LogP contribution is 2.40. The lowest BCUT2D eigenvalue weighted by molar-refractivity contribution is 0.880. The second-order valence-electron chi connectivity index (χ2n) is 2.82. The number of halogens is 2. The van der Waals surface area contributed by atoms with Gasteiger partial charge in [-0.15, -0.1) is 11.6 Å². The zero-order valence-electron chi connectivity index (χ0n) is 5.98. The van der Waals surface area contributed by atoms with Crippen molar-refractivity contribution < 1.29 is 0 Å². The van der Waals surface area contributed by atoms with Crippen molar-refractivity contribution in [3.05, 3.63) is 33.8 Å². The Morgan fingerprint density at radius 2 is 2.27 bits per heavy atom. The molecule has 1 aromatic carbocycles. The van der Waals surface area contributed by atoms with E-state index in [0.29, 0.717) is 0 Å². The zero-order valence-corrected chi connectivity index (χ0v) is 8.32. The highest BCUT2D eigenvalue weighted by Gasteiger charge is 2.21. The van der Waals surface area contributed by atoms with Crippen molar-refractivity contribution in [1.82, 2.24) is 0 Å². The largest absolute Gasteiger partial charge is 0.118 e. The van der Waals surface area contributed by atoms with Gasteiger partial charge in [0, 0.05) is 4.47 Å². The molecule has 11 heavy (non-hydrogen) atoms. The lowest BCUT2D eigenvalue weighted by atomic mass is 10.1. The quantitative estimate of drug-likeness (QED) is 0.598. The summed E-state index contributed by atoms with van der Waals surface area (Å²) in [4.78, 5) is 0. The minimum absolute atomic E-state index is 0.223. The fraction of sp³-hybridized carbons (Fsp3) is 0.333. The molecule has 0 fully saturated rings. The fourth-order valence-electron chi connectivity index (χ4n) is 1.58. The summed E-state index contributed by atoms with van der Waals surface area (Å²) in [6, 6.07) is 6.28. The van der Waals surface area contributed by atoms with Gasteiger partial charge in [-0.3, -0.25) is 0 Å². The van der Waals surface area contributed by atoms with Gasteiger partial charge in [0.1, 0.15) is 0 Å². The predicted octanol–water partition coefficient (Wildman–Crippen LogP) is 3.68. The van der Waals surface area contributed by atoms with E-state index in [1.54, 1.807) is 0 Å². The first kappa shape index (κ1) is 7.63. The van der Waals surface area contributed by atoms with E-state index in [1.165, 1.54) is 11.1 Å². The molecule has 0 bridgehead atoms. The van der Waals surface area contributed by atoms with Crippen molar-refractivity contribution in [1.29, 1.82) is 0 Å². The average molecular weight is 232 g/mol. The fourth-order valence-corrected chi connectivity index (χ4v) is 2.76. The first-order valence-electron chi connectivity index (χ1n) is 3.70. The van der Waals surface area contributed by atoms with Gasteiger partial charge in [0.25, 0.3) is 0 Å². The number of fused-ring (bicyclic) bond motifs is 1. The molecule has 0 saturated heterocycles.